The van der Waals surface area contributed by atoms with Gasteiger partial charge in [0.1, 0.15) is 12.5 Å². The van der Waals surface area contributed by atoms with E-state index in [1.165, 1.54) is 135 Å². The molecule has 0 aliphatic rings. The fraction of sp³-hybridized carbons (Fsp3) is 1.00. The molecule has 206 valence electrons. The van der Waals surface area contributed by atoms with Crippen molar-refractivity contribution in [2.75, 3.05) is 6.61 Å². The Morgan fingerprint density at radius 3 is 1.15 bits per heavy atom. The molecule has 0 spiro atoms. The summed E-state index contributed by atoms with van der Waals surface area (Å²) < 4.78 is 5.88. The van der Waals surface area contributed by atoms with Gasteiger partial charge in [0.25, 0.3) is 0 Å². The fourth-order valence-corrected chi connectivity index (χ4v) is 4.60. The molecule has 0 aliphatic carbocycles. The first-order chi connectivity index (χ1) is 16.6. The van der Waals surface area contributed by atoms with Gasteiger partial charge < -0.3 is 9.84 Å². The highest BCUT2D eigenvalue weighted by molar-refractivity contribution is 4.61. The minimum Gasteiger partial charge on any atom is -0.378 e. The molecule has 2 N–H and O–H groups in total. The van der Waals surface area contributed by atoms with Crippen molar-refractivity contribution in [1.29, 1.82) is 0 Å². The first-order valence-electron chi connectivity index (χ1n) is 15.7. The maximum Gasteiger partial charge on any atom is 0.109 e. The van der Waals surface area contributed by atoms with Gasteiger partial charge in [-0.3, -0.25) is 5.32 Å². The molecular weight excluding hydrogens is 418 g/mol. The van der Waals surface area contributed by atoms with Crippen LogP contribution in [0.4, 0.5) is 0 Å². The Morgan fingerprint density at radius 2 is 0.853 bits per heavy atom. The molecule has 3 heteroatoms. The van der Waals surface area contributed by atoms with Gasteiger partial charge in [0, 0.05) is 6.61 Å². The zero-order valence-electron chi connectivity index (χ0n) is 24.1. The molecule has 0 heterocycles. The molecule has 3 nitrogen and oxygen atoms in total. The van der Waals surface area contributed by atoms with Crippen LogP contribution in [0.25, 0.3) is 0 Å². The lowest BCUT2D eigenvalue weighted by Gasteiger charge is -2.24. The lowest BCUT2D eigenvalue weighted by Crippen LogP contribution is -2.42. The molecule has 0 bridgehead atoms. The molecule has 2 unspecified atom stereocenters. The van der Waals surface area contributed by atoms with Crippen molar-refractivity contribution in [3.63, 3.8) is 0 Å². The number of aliphatic hydroxyl groups excluding tert-OH is 1. The van der Waals surface area contributed by atoms with Crippen molar-refractivity contribution in [2.24, 2.45) is 5.92 Å². The third kappa shape index (κ3) is 25.0. The Balaban J connectivity index is 3.19. The first-order valence-corrected chi connectivity index (χ1v) is 15.7. The van der Waals surface area contributed by atoms with Crippen LogP contribution in [0.15, 0.2) is 0 Å². The number of hydrogen-bond acceptors (Lipinski definition) is 3. The highest BCUT2D eigenvalue weighted by atomic mass is 16.5. The lowest BCUT2D eigenvalue weighted by atomic mass is 10.0. The molecular formula is C31H65NO2. The van der Waals surface area contributed by atoms with Crippen molar-refractivity contribution < 1.29 is 9.84 Å². The van der Waals surface area contributed by atoms with Crippen molar-refractivity contribution in [1.82, 2.24) is 5.32 Å². The van der Waals surface area contributed by atoms with Gasteiger partial charge in [0.2, 0.25) is 0 Å². The van der Waals surface area contributed by atoms with Crippen molar-refractivity contribution in [3.8, 4) is 0 Å². The molecule has 0 amide bonds. The number of nitrogens with one attached hydrogen (secondary N) is 1. The Bertz CT molecular complexity index is 374. The number of hydrogen-bond donors (Lipinski definition) is 2. The molecule has 0 saturated carbocycles. The Kier molecular flexibility index (Phi) is 27.4. The lowest BCUT2D eigenvalue weighted by molar-refractivity contribution is -0.0313. The third-order valence-corrected chi connectivity index (χ3v) is 7.18. The van der Waals surface area contributed by atoms with E-state index in [2.05, 4.69) is 19.2 Å². The van der Waals surface area contributed by atoms with E-state index in [1.807, 2.05) is 13.8 Å². The van der Waals surface area contributed by atoms with Crippen LogP contribution in [-0.4, -0.2) is 24.2 Å². The highest BCUT2D eigenvalue weighted by Crippen LogP contribution is 2.15. The van der Waals surface area contributed by atoms with E-state index in [4.69, 9.17) is 4.74 Å². The van der Waals surface area contributed by atoms with Crippen molar-refractivity contribution in [2.45, 2.75) is 188 Å². The van der Waals surface area contributed by atoms with E-state index in [0.717, 1.165) is 19.4 Å². The molecule has 0 aromatic carbocycles. The second-order valence-corrected chi connectivity index (χ2v) is 11.0. The maximum atomic E-state index is 9.92. The molecule has 0 rings (SSSR count). The summed E-state index contributed by atoms with van der Waals surface area (Å²) in [6.07, 6.45) is 31.6. The molecule has 2 atom stereocenters. The van der Waals surface area contributed by atoms with E-state index in [-0.39, 0.29) is 12.1 Å². The highest BCUT2D eigenvalue weighted by Gasteiger charge is 2.14. The minimum absolute atomic E-state index is 0.0210. The Morgan fingerprint density at radius 1 is 0.529 bits per heavy atom. The van der Waals surface area contributed by atoms with Gasteiger partial charge in [-0.05, 0) is 18.8 Å². The van der Waals surface area contributed by atoms with Gasteiger partial charge in [-0.2, -0.15) is 0 Å². The van der Waals surface area contributed by atoms with Crippen LogP contribution >= 0.6 is 0 Å². The topological polar surface area (TPSA) is 41.5 Å². The molecule has 0 aliphatic heterocycles. The molecule has 0 aromatic rings. The van der Waals surface area contributed by atoms with Crippen LogP contribution in [0.3, 0.4) is 0 Å². The summed E-state index contributed by atoms with van der Waals surface area (Å²) >= 11 is 0. The summed E-state index contributed by atoms with van der Waals surface area (Å²) in [5, 5.41) is 13.1. The zero-order valence-corrected chi connectivity index (χ0v) is 24.1. The van der Waals surface area contributed by atoms with Crippen LogP contribution in [-0.2, 0) is 4.74 Å². The number of rotatable bonds is 28. The quantitative estimate of drug-likeness (QED) is 0.0859. The molecule has 0 fully saturated rings. The van der Waals surface area contributed by atoms with E-state index in [1.54, 1.807) is 0 Å². The number of aliphatic hydroxyl groups is 1. The number of ether oxygens (including phenoxy) is 1. The maximum absolute atomic E-state index is 9.92. The molecule has 34 heavy (non-hydrogen) atoms. The third-order valence-electron chi connectivity index (χ3n) is 7.18. The minimum atomic E-state index is -0.477. The average Bonchev–Trinajstić information content (AvgIpc) is 2.83. The van der Waals surface area contributed by atoms with Crippen LogP contribution in [0.5, 0.6) is 0 Å². The number of unbranched alkanes of at least 4 members (excludes halogenated alkanes) is 21. The summed E-state index contributed by atoms with van der Waals surface area (Å²) in [4.78, 5) is 0. The van der Waals surface area contributed by atoms with Crippen LogP contribution in [0.1, 0.15) is 175 Å². The average molecular weight is 484 g/mol. The van der Waals surface area contributed by atoms with Gasteiger partial charge in [-0.25, -0.2) is 0 Å². The summed E-state index contributed by atoms with van der Waals surface area (Å²) in [5.41, 5.74) is 0. The predicted octanol–water partition coefficient (Wildman–Crippen LogP) is 9.91. The standard InChI is InChI=1S/C31H65NO2/c1-5-7-8-9-10-11-12-13-14-15-16-17-18-19-20-21-22-23-24-25-26-27-28-34-30(6-2)32-31(33)29(3)4/h29-33H,5-28H2,1-4H3. The van der Waals surface area contributed by atoms with Crippen LogP contribution in [0.2, 0.25) is 0 Å². The van der Waals surface area contributed by atoms with Gasteiger partial charge in [0.15, 0.2) is 0 Å². The van der Waals surface area contributed by atoms with Crippen LogP contribution in [0, 0.1) is 5.92 Å². The summed E-state index contributed by atoms with van der Waals surface area (Å²) in [6, 6.07) is 0. The first kappa shape index (κ1) is 33.9. The second-order valence-electron chi connectivity index (χ2n) is 11.0. The monoisotopic (exact) mass is 484 g/mol. The Labute approximate surface area is 215 Å². The Hall–Kier alpha value is -0.120. The van der Waals surface area contributed by atoms with Crippen molar-refractivity contribution >= 4 is 0 Å². The normalized spacial score (nSPS) is 13.6. The van der Waals surface area contributed by atoms with Gasteiger partial charge in [-0.15, -0.1) is 0 Å². The van der Waals surface area contributed by atoms with E-state index < -0.39 is 6.23 Å². The SMILES string of the molecule is CCCCCCCCCCCCCCCCCCCCCCCCOC(CC)NC(O)C(C)C. The van der Waals surface area contributed by atoms with Gasteiger partial charge >= 0.3 is 0 Å². The molecule has 0 saturated heterocycles. The van der Waals surface area contributed by atoms with Crippen LogP contribution < -0.4 is 5.32 Å². The molecule has 0 radical (unpaired) electrons. The predicted molar refractivity (Wildman–Crippen MR) is 151 cm³/mol. The van der Waals surface area contributed by atoms with Gasteiger partial charge in [0.05, 0.1) is 0 Å². The van der Waals surface area contributed by atoms with E-state index in [9.17, 15) is 5.11 Å². The van der Waals surface area contributed by atoms with E-state index >= 15 is 0 Å². The van der Waals surface area contributed by atoms with E-state index in [0.29, 0.717) is 0 Å². The largest absolute Gasteiger partial charge is 0.378 e. The summed E-state index contributed by atoms with van der Waals surface area (Å²) in [7, 11) is 0. The van der Waals surface area contributed by atoms with Gasteiger partial charge in [-0.1, -0.05) is 163 Å². The summed E-state index contributed by atoms with van der Waals surface area (Å²) in [6.45, 7) is 9.24. The zero-order chi connectivity index (χ0) is 25.1. The smallest absolute Gasteiger partial charge is 0.109 e. The second kappa shape index (κ2) is 27.5. The van der Waals surface area contributed by atoms with Crippen molar-refractivity contribution in [3.05, 3.63) is 0 Å². The fourth-order valence-electron chi connectivity index (χ4n) is 4.60. The summed E-state index contributed by atoms with van der Waals surface area (Å²) in [5.74, 6) is 0.215. The molecule has 0 aromatic heterocycles.